The molecule has 176 valence electrons. The zero-order chi connectivity index (χ0) is 23.7. The van der Waals surface area contributed by atoms with Crippen molar-refractivity contribution in [3.05, 3.63) is 57.7 Å². The molecule has 1 aromatic rings. The van der Waals surface area contributed by atoms with E-state index in [1.807, 2.05) is 19.9 Å². The van der Waals surface area contributed by atoms with E-state index in [2.05, 4.69) is 52.8 Å². The highest BCUT2D eigenvalue weighted by molar-refractivity contribution is 5.57. The molecule has 1 aliphatic rings. The van der Waals surface area contributed by atoms with Crippen LogP contribution in [0.3, 0.4) is 0 Å². The van der Waals surface area contributed by atoms with Crippen LogP contribution in [-0.2, 0) is 11.2 Å². The number of hydrogen-bond donors (Lipinski definition) is 0. The largest absolute Gasteiger partial charge is 0.487 e. The Morgan fingerprint density at radius 3 is 2.28 bits per heavy atom. The Labute approximate surface area is 195 Å². The number of carbonyl (C=O) groups is 1. The molecule has 2 rings (SSSR count). The molecule has 0 saturated carbocycles. The summed E-state index contributed by atoms with van der Waals surface area (Å²) in [7, 11) is 0. The van der Waals surface area contributed by atoms with Gasteiger partial charge in [-0.3, -0.25) is 4.79 Å². The molecule has 0 radical (unpaired) electrons. The third-order valence-electron chi connectivity index (χ3n) is 6.52. The van der Waals surface area contributed by atoms with Gasteiger partial charge in [0.05, 0.1) is 0 Å². The van der Waals surface area contributed by atoms with Gasteiger partial charge in [0, 0.05) is 5.56 Å². The summed E-state index contributed by atoms with van der Waals surface area (Å²) in [6.45, 7) is 15.6. The predicted molar refractivity (Wildman–Crippen MR) is 135 cm³/mol. The monoisotopic (exact) mass is 438 g/mol. The van der Waals surface area contributed by atoms with Crippen molar-refractivity contribution in [1.82, 2.24) is 0 Å². The van der Waals surface area contributed by atoms with Gasteiger partial charge in [-0.15, -0.1) is 0 Å². The third kappa shape index (κ3) is 7.69. The first kappa shape index (κ1) is 26.0. The van der Waals surface area contributed by atoms with Crippen molar-refractivity contribution in [2.45, 2.75) is 105 Å². The van der Waals surface area contributed by atoms with Gasteiger partial charge in [0.15, 0.2) is 0 Å². The number of rotatable bonds is 11. The van der Waals surface area contributed by atoms with E-state index < -0.39 is 0 Å². The van der Waals surface area contributed by atoms with Crippen LogP contribution < -0.4 is 9.47 Å². The number of carbonyl (C=O) groups excluding carboxylic acids is 1. The van der Waals surface area contributed by atoms with Crippen molar-refractivity contribution in [2.24, 2.45) is 0 Å². The molecule has 0 spiro atoms. The quantitative estimate of drug-likeness (QED) is 0.258. The van der Waals surface area contributed by atoms with E-state index in [1.165, 1.54) is 22.3 Å². The standard InChI is InChI=1S/C29H42O3/c1-21(2)11-8-12-22(3)13-9-14-23(4)15-10-17-29(7)18-16-26-25(6)27(31-20-30)19-24(5)28(26)32-29/h11,13,15,19-20H,8-10,12,14,16-18H2,1-7H3/b22-13+,23-15+/t29-/m1/s1. The summed E-state index contributed by atoms with van der Waals surface area (Å²) in [6.07, 6.45) is 15.6. The zero-order valence-electron chi connectivity index (χ0n) is 21.3. The topological polar surface area (TPSA) is 35.5 Å². The number of ether oxygens (including phenoxy) is 2. The Hall–Kier alpha value is -2.29. The Balaban J connectivity index is 1.88. The smallest absolute Gasteiger partial charge is 0.298 e. The molecule has 3 nitrogen and oxygen atoms in total. The molecule has 1 heterocycles. The van der Waals surface area contributed by atoms with Crippen molar-refractivity contribution in [1.29, 1.82) is 0 Å². The van der Waals surface area contributed by atoms with Crippen LogP contribution in [0.1, 0.15) is 96.3 Å². The van der Waals surface area contributed by atoms with E-state index in [1.54, 1.807) is 0 Å². The van der Waals surface area contributed by atoms with Crippen LogP contribution in [0.2, 0.25) is 0 Å². The van der Waals surface area contributed by atoms with E-state index in [-0.39, 0.29) is 5.60 Å². The van der Waals surface area contributed by atoms with Crippen LogP contribution >= 0.6 is 0 Å². The Bertz CT molecular complexity index is 884. The molecule has 0 unspecified atom stereocenters. The minimum absolute atomic E-state index is 0.157. The van der Waals surface area contributed by atoms with Gasteiger partial charge in [-0.2, -0.15) is 0 Å². The molecule has 3 heteroatoms. The molecule has 0 N–H and O–H groups in total. The fourth-order valence-electron chi connectivity index (χ4n) is 4.37. The second kappa shape index (κ2) is 12.1. The Morgan fingerprint density at radius 2 is 1.66 bits per heavy atom. The number of allylic oxidation sites excluding steroid dienone is 6. The lowest BCUT2D eigenvalue weighted by molar-refractivity contribution is -0.120. The molecule has 0 aliphatic carbocycles. The molecule has 32 heavy (non-hydrogen) atoms. The Kier molecular flexibility index (Phi) is 9.81. The first-order valence-corrected chi connectivity index (χ1v) is 12.0. The van der Waals surface area contributed by atoms with Gasteiger partial charge in [-0.05, 0) is 117 Å². The second-order valence-corrected chi connectivity index (χ2v) is 9.89. The summed E-state index contributed by atoms with van der Waals surface area (Å²) in [5.41, 5.74) is 7.42. The van der Waals surface area contributed by atoms with E-state index >= 15 is 0 Å². The van der Waals surface area contributed by atoms with Gasteiger partial charge >= 0.3 is 0 Å². The minimum Gasteiger partial charge on any atom is -0.487 e. The van der Waals surface area contributed by atoms with Crippen LogP contribution in [-0.4, -0.2) is 12.1 Å². The molecule has 0 bridgehead atoms. The summed E-state index contributed by atoms with van der Waals surface area (Å²) >= 11 is 0. The first-order chi connectivity index (χ1) is 15.1. The van der Waals surface area contributed by atoms with E-state index in [0.29, 0.717) is 12.2 Å². The van der Waals surface area contributed by atoms with Gasteiger partial charge < -0.3 is 9.47 Å². The molecule has 0 aromatic heterocycles. The van der Waals surface area contributed by atoms with Gasteiger partial charge in [0.2, 0.25) is 0 Å². The van der Waals surface area contributed by atoms with Crippen molar-refractivity contribution < 1.29 is 14.3 Å². The van der Waals surface area contributed by atoms with Crippen LogP contribution in [0.4, 0.5) is 0 Å². The summed E-state index contributed by atoms with van der Waals surface area (Å²) in [5, 5.41) is 0. The molecule has 1 atom stereocenters. The van der Waals surface area contributed by atoms with Crippen molar-refractivity contribution in [3.8, 4) is 11.5 Å². The van der Waals surface area contributed by atoms with E-state index in [9.17, 15) is 4.79 Å². The highest BCUT2D eigenvalue weighted by Crippen LogP contribution is 2.42. The molecule has 1 aliphatic heterocycles. The fraction of sp³-hybridized carbons (Fsp3) is 0.552. The highest BCUT2D eigenvalue weighted by atomic mass is 16.5. The molecule has 1 aromatic carbocycles. The van der Waals surface area contributed by atoms with Gasteiger partial charge in [0.25, 0.3) is 6.47 Å². The maximum atomic E-state index is 10.8. The number of aryl methyl sites for hydroxylation is 1. The second-order valence-electron chi connectivity index (χ2n) is 9.89. The molecular weight excluding hydrogens is 396 g/mol. The molecule has 0 fully saturated rings. The van der Waals surface area contributed by atoms with Crippen molar-refractivity contribution >= 4 is 6.47 Å². The first-order valence-electron chi connectivity index (χ1n) is 12.0. The van der Waals surface area contributed by atoms with Crippen molar-refractivity contribution in [3.63, 3.8) is 0 Å². The maximum absolute atomic E-state index is 10.8. The summed E-state index contributed by atoms with van der Waals surface area (Å²) in [4.78, 5) is 10.8. The third-order valence-corrected chi connectivity index (χ3v) is 6.52. The normalized spacial score (nSPS) is 18.6. The molecule has 0 saturated heterocycles. The van der Waals surface area contributed by atoms with Crippen molar-refractivity contribution in [2.75, 3.05) is 0 Å². The number of hydrogen-bond acceptors (Lipinski definition) is 3. The lowest BCUT2D eigenvalue weighted by Crippen LogP contribution is -2.36. The highest BCUT2D eigenvalue weighted by Gasteiger charge is 2.33. The number of benzene rings is 1. The van der Waals surface area contributed by atoms with Crippen LogP contribution in [0.5, 0.6) is 11.5 Å². The van der Waals surface area contributed by atoms with Gasteiger partial charge in [0.1, 0.15) is 17.1 Å². The Morgan fingerprint density at radius 1 is 1.03 bits per heavy atom. The summed E-state index contributed by atoms with van der Waals surface area (Å²) < 4.78 is 11.7. The zero-order valence-corrected chi connectivity index (χ0v) is 21.3. The van der Waals surface area contributed by atoms with Crippen LogP contribution in [0.15, 0.2) is 41.0 Å². The lowest BCUT2D eigenvalue weighted by Gasteiger charge is -2.37. The number of fused-ring (bicyclic) bond motifs is 1. The lowest BCUT2D eigenvalue weighted by atomic mass is 9.86. The SMILES string of the molecule is CC(C)=CCC/C(C)=C/CC/C(C)=C/CC[C@]1(C)CCc2c(C)c(OC=O)cc(C)c2O1. The predicted octanol–water partition coefficient (Wildman–Crippen LogP) is 8.12. The van der Waals surface area contributed by atoms with E-state index in [0.717, 1.165) is 68.2 Å². The van der Waals surface area contributed by atoms with E-state index in [4.69, 9.17) is 9.47 Å². The van der Waals surface area contributed by atoms with Gasteiger partial charge in [-0.25, -0.2) is 0 Å². The average Bonchev–Trinajstić information content (AvgIpc) is 2.71. The molecular formula is C29H42O3. The summed E-state index contributed by atoms with van der Waals surface area (Å²) in [6, 6.07) is 1.91. The average molecular weight is 439 g/mol. The molecule has 0 amide bonds. The fourth-order valence-corrected chi connectivity index (χ4v) is 4.37. The maximum Gasteiger partial charge on any atom is 0.298 e. The minimum atomic E-state index is -0.157. The van der Waals surface area contributed by atoms with Crippen LogP contribution in [0.25, 0.3) is 0 Å². The van der Waals surface area contributed by atoms with Gasteiger partial charge in [-0.1, -0.05) is 34.9 Å². The van der Waals surface area contributed by atoms with Crippen LogP contribution in [0, 0.1) is 13.8 Å². The summed E-state index contributed by atoms with van der Waals surface area (Å²) in [5.74, 6) is 1.62.